The van der Waals surface area contributed by atoms with Crippen LogP contribution in [0.1, 0.15) is 24.8 Å². The van der Waals surface area contributed by atoms with E-state index in [1.54, 1.807) is 0 Å². The van der Waals surface area contributed by atoms with E-state index >= 15 is 0 Å². The lowest BCUT2D eigenvalue weighted by atomic mass is 10.1. The third kappa shape index (κ3) is 5.54. The molecule has 1 aromatic rings. The number of hydrogen-bond acceptors (Lipinski definition) is 4. The van der Waals surface area contributed by atoms with Gasteiger partial charge in [0.05, 0.1) is 6.54 Å². The van der Waals surface area contributed by atoms with Crippen LogP contribution in [0.4, 0.5) is 0 Å². The molecule has 2 aliphatic rings. The summed E-state index contributed by atoms with van der Waals surface area (Å²) in [4.78, 5) is 28.5. The van der Waals surface area contributed by atoms with E-state index in [2.05, 4.69) is 15.5 Å². The topological polar surface area (TPSA) is 64.7 Å². The Labute approximate surface area is 149 Å². The van der Waals surface area contributed by atoms with Crippen molar-refractivity contribution in [3.63, 3.8) is 0 Å². The number of nitrogens with zero attached hydrogens (tertiary/aromatic N) is 2. The Kier molecular flexibility index (Phi) is 6.42. The molecular formula is C19H28N4O2. The molecule has 0 radical (unpaired) electrons. The maximum atomic E-state index is 12.3. The molecule has 2 aliphatic heterocycles. The normalized spacial score (nSPS) is 21.3. The van der Waals surface area contributed by atoms with Crippen LogP contribution in [0.3, 0.4) is 0 Å². The van der Waals surface area contributed by atoms with Gasteiger partial charge >= 0.3 is 0 Å². The number of benzene rings is 1. The molecule has 3 rings (SSSR count). The molecular weight excluding hydrogens is 316 g/mol. The first-order valence-corrected chi connectivity index (χ1v) is 9.25. The van der Waals surface area contributed by atoms with Crippen molar-refractivity contribution in [3.8, 4) is 0 Å². The average Bonchev–Trinajstić information content (AvgIpc) is 3.14. The van der Waals surface area contributed by atoms with Gasteiger partial charge in [-0.3, -0.25) is 14.5 Å². The maximum absolute atomic E-state index is 12.3. The molecule has 2 amide bonds. The lowest BCUT2D eigenvalue weighted by Crippen LogP contribution is -2.51. The van der Waals surface area contributed by atoms with Crippen LogP contribution in [0.2, 0.25) is 0 Å². The summed E-state index contributed by atoms with van der Waals surface area (Å²) in [6, 6.07) is 10.3. The lowest BCUT2D eigenvalue weighted by molar-refractivity contribution is -0.133. The fraction of sp³-hybridized carbons (Fsp3) is 0.579. The third-order valence-electron chi connectivity index (χ3n) is 5.01. The second-order valence-corrected chi connectivity index (χ2v) is 6.92. The van der Waals surface area contributed by atoms with E-state index in [0.29, 0.717) is 25.6 Å². The summed E-state index contributed by atoms with van der Waals surface area (Å²) < 4.78 is 0. The van der Waals surface area contributed by atoms with Gasteiger partial charge in [0.15, 0.2) is 0 Å². The van der Waals surface area contributed by atoms with Gasteiger partial charge in [-0.1, -0.05) is 30.3 Å². The number of carbonyl (C=O) groups is 2. The number of amides is 2. The Hall–Kier alpha value is -1.92. The average molecular weight is 344 g/mol. The smallest absolute Gasteiger partial charge is 0.234 e. The monoisotopic (exact) mass is 344 g/mol. The highest BCUT2D eigenvalue weighted by molar-refractivity contribution is 5.78. The SMILES string of the molecule is O=C(CN1CCN(C(=O)CC2CCCN2)CC1)NCc1ccccc1. The molecule has 0 aliphatic carbocycles. The Balaban J connectivity index is 1.34. The van der Waals surface area contributed by atoms with Gasteiger partial charge in [-0.05, 0) is 24.9 Å². The van der Waals surface area contributed by atoms with Crippen molar-refractivity contribution < 1.29 is 9.59 Å². The fourth-order valence-corrected chi connectivity index (χ4v) is 3.48. The van der Waals surface area contributed by atoms with Crippen LogP contribution in [0, 0.1) is 0 Å². The minimum Gasteiger partial charge on any atom is -0.351 e. The fourth-order valence-electron chi connectivity index (χ4n) is 3.48. The van der Waals surface area contributed by atoms with Gasteiger partial charge in [0.2, 0.25) is 11.8 Å². The van der Waals surface area contributed by atoms with E-state index < -0.39 is 0 Å². The summed E-state index contributed by atoms with van der Waals surface area (Å²) in [5.41, 5.74) is 1.10. The molecule has 0 bridgehead atoms. The molecule has 6 nitrogen and oxygen atoms in total. The van der Waals surface area contributed by atoms with Crippen LogP contribution in [-0.4, -0.2) is 66.9 Å². The van der Waals surface area contributed by atoms with Crippen molar-refractivity contribution in [2.45, 2.75) is 31.8 Å². The highest BCUT2D eigenvalue weighted by Crippen LogP contribution is 2.12. The first kappa shape index (κ1) is 17.9. The van der Waals surface area contributed by atoms with Crippen LogP contribution < -0.4 is 10.6 Å². The summed E-state index contributed by atoms with van der Waals surface area (Å²) >= 11 is 0. The summed E-state index contributed by atoms with van der Waals surface area (Å²) in [5, 5.41) is 6.34. The zero-order valence-corrected chi connectivity index (χ0v) is 14.7. The highest BCUT2D eigenvalue weighted by Gasteiger charge is 2.25. The van der Waals surface area contributed by atoms with Gasteiger partial charge in [-0.2, -0.15) is 0 Å². The number of rotatable bonds is 6. The second-order valence-electron chi connectivity index (χ2n) is 6.92. The standard InChI is InChI=1S/C19H28N4O2/c24-18(21-14-16-5-2-1-3-6-16)15-22-9-11-23(12-10-22)19(25)13-17-7-4-8-20-17/h1-3,5-6,17,20H,4,7-15H2,(H,21,24). The first-order valence-electron chi connectivity index (χ1n) is 9.25. The molecule has 0 saturated carbocycles. The molecule has 1 aromatic carbocycles. The lowest BCUT2D eigenvalue weighted by Gasteiger charge is -2.34. The first-order chi connectivity index (χ1) is 12.2. The molecule has 1 unspecified atom stereocenters. The van der Waals surface area contributed by atoms with E-state index in [4.69, 9.17) is 0 Å². The predicted octanol–water partition coefficient (Wildman–Crippen LogP) is 0.589. The molecule has 2 N–H and O–H groups in total. The third-order valence-corrected chi connectivity index (χ3v) is 5.01. The number of nitrogens with one attached hydrogen (secondary N) is 2. The molecule has 1 atom stereocenters. The van der Waals surface area contributed by atoms with Gasteiger partial charge in [0, 0.05) is 45.2 Å². The van der Waals surface area contributed by atoms with Crippen molar-refractivity contribution in [2.24, 2.45) is 0 Å². The van der Waals surface area contributed by atoms with Gasteiger partial charge in [-0.15, -0.1) is 0 Å². The van der Waals surface area contributed by atoms with Gasteiger partial charge in [0.1, 0.15) is 0 Å². The van der Waals surface area contributed by atoms with E-state index in [9.17, 15) is 9.59 Å². The minimum absolute atomic E-state index is 0.0405. The summed E-state index contributed by atoms with van der Waals surface area (Å²) in [5.74, 6) is 0.284. The Morgan fingerprint density at radius 1 is 1.12 bits per heavy atom. The molecule has 2 saturated heterocycles. The number of piperazine rings is 1. The van der Waals surface area contributed by atoms with Crippen molar-refractivity contribution in [3.05, 3.63) is 35.9 Å². The van der Waals surface area contributed by atoms with Crippen LogP contribution in [-0.2, 0) is 16.1 Å². The van der Waals surface area contributed by atoms with Crippen LogP contribution in [0.5, 0.6) is 0 Å². The quantitative estimate of drug-likeness (QED) is 0.793. The predicted molar refractivity (Wildman–Crippen MR) is 97.0 cm³/mol. The Morgan fingerprint density at radius 2 is 1.88 bits per heavy atom. The number of carbonyl (C=O) groups excluding carboxylic acids is 2. The Bertz CT molecular complexity index is 564. The van der Waals surface area contributed by atoms with Crippen molar-refractivity contribution in [2.75, 3.05) is 39.3 Å². The molecule has 2 fully saturated rings. The molecule has 6 heteroatoms. The highest BCUT2D eigenvalue weighted by atomic mass is 16.2. The zero-order valence-electron chi connectivity index (χ0n) is 14.7. The second kappa shape index (κ2) is 8.97. The maximum Gasteiger partial charge on any atom is 0.234 e. The molecule has 25 heavy (non-hydrogen) atoms. The van der Waals surface area contributed by atoms with E-state index in [1.165, 1.54) is 6.42 Å². The minimum atomic E-state index is 0.0405. The van der Waals surface area contributed by atoms with Crippen LogP contribution in [0.15, 0.2) is 30.3 Å². The van der Waals surface area contributed by atoms with Crippen LogP contribution in [0.25, 0.3) is 0 Å². The Morgan fingerprint density at radius 3 is 2.56 bits per heavy atom. The molecule has 0 aromatic heterocycles. The van der Waals surface area contributed by atoms with Gasteiger partial charge in [-0.25, -0.2) is 0 Å². The van der Waals surface area contributed by atoms with Crippen molar-refractivity contribution >= 4 is 11.8 Å². The van der Waals surface area contributed by atoms with Gasteiger partial charge < -0.3 is 15.5 Å². The van der Waals surface area contributed by atoms with E-state index in [0.717, 1.165) is 44.7 Å². The van der Waals surface area contributed by atoms with Gasteiger partial charge in [0.25, 0.3) is 0 Å². The summed E-state index contributed by atoms with van der Waals surface area (Å²) in [6.07, 6.45) is 2.88. The molecule has 0 spiro atoms. The van der Waals surface area contributed by atoms with Crippen molar-refractivity contribution in [1.82, 2.24) is 20.4 Å². The summed E-state index contributed by atoms with van der Waals surface area (Å²) in [6.45, 7) is 4.97. The molecule has 2 heterocycles. The summed E-state index contributed by atoms with van der Waals surface area (Å²) in [7, 11) is 0. The molecule has 136 valence electrons. The van der Waals surface area contributed by atoms with Crippen LogP contribution >= 0.6 is 0 Å². The zero-order chi connectivity index (χ0) is 17.5. The van der Waals surface area contributed by atoms with Crippen molar-refractivity contribution in [1.29, 1.82) is 0 Å². The largest absolute Gasteiger partial charge is 0.351 e. The van der Waals surface area contributed by atoms with E-state index in [1.807, 2.05) is 35.2 Å². The number of hydrogen-bond donors (Lipinski definition) is 2. The van der Waals surface area contributed by atoms with E-state index in [-0.39, 0.29) is 11.8 Å².